The highest BCUT2D eigenvalue weighted by atomic mass is 16.5. The number of fused-ring (bicyclic) bond motifs is 2. The van der Waals surface area contributed by atoms with Gasteiger partial charge in [0.15, 0.2) is 5.82 Å². The molecule has 0 saturated carbocycles. The molecule has 2 aliphatic heterocycles. The third kappa shape index (κ3) is 5.98. The van der Waals surface area contributed by atoms with Crippen molar-refractivity contribution >= 4 is 0 Å². The summed E-state index contributed by atoms with van der Waals surface area (Å²) in [6.07, 6.45) is 14.4. The number of aryl methyl sites for hydroxylation is 1. The van der Waals surface area contributed by atoms with Gasteiger partial charge in [-0.05, 0) is 37.5 Å². The molecule has 0 amide bonds. The van der Waals surface area contributed by atoms with E-state index in [-0.39, 0.29) is 0 Å². The van der Waals surface area contributed by atoms with E-state index >= 15 is 0 Å². The number of nitrogens with one attached hydrogen (secondary N) is 1. The molecule has 1 aromatic heterocycles. The van der Waals surface area contributed by atoms with Gasteiger partial charge in [0.1, 0.15) is 0 Å². The summed E-state index contributed by atoms with van der Waals surface area (Å²) in [4.78, 5) is 0. The monoisotopic (exact) mass is 378 g/mol. The molecule has 0 radical (unpaired) electrons. The number of tetrazole rings is 1. The Kier molecular flexibility index (Phi) is 8.52. The molecule has 0 unspecified atom stereocenters. The van der Waals surface area contributed by atoms with Crippen LogP contribution in [0.3, 0.4) is 0 Å². The molecule has 2 bridgehead atoms. The maximum atomic E-state index is 6.28. The van der Waals surface area contributed by atoms with Crippen molar-refractivity contribution in [1.82, 2.24) is 20.6 Å². The lowest BCUT2D eigenvalue weighted by Crippen LogP contribution is -2.35. The number of H-pyrrole nitrogens is 1. The SMILES string of the molecule is CCCCCCOC[C@@H]1[C@@H]([C@@H](C)CCCCCc2nn[nH]n2)[C@@H]2CC[C@H]1O2. The molecule has 1 N–H and O–H groups in total. The van der Waals surface area contributed by atoms with E-state index in [0.29, 0.717) is 24.0 Å². The Balaban J connectivity index is 1.34. The molecule has 5 atom stereocenters. The van der Waals surface area contributed by atoms with E-state index in [1.54, 1.807) is 0 Å². The van der Waals surface area contributed by atoms with E-state index in [1.165, 1.54) is 57.8 Å². The van der Waals surface area contributed by atoms with Crippen molar-refractivity contribution in [2.75, 3.05) is 13.2 Å². The first-order valence-electron chi connectivity index (χ1n) is 11.2. The molecule has 2 aliphatic rings. The van der Waals surface area contributed by atoms with Gasteiger partial charge in [0, 0.05) is 18.9 Å². The number of nitrogens with zero attached hydrogens (tertiary/aromatic N) is 3. The Morgan fingerprint density at radius 2 is 1.96 bits per heavy atom. The molecule has 27 heavy (non-hydrogen) atoms. The molecule has 3 rings (SSSR count). The number of hydrogen-bond acceptors (Lipinski definition) is 5. The summed E-state index contributed by atoms with van der Waals surface area (Å²) < 4.78 is 12.4. The van der Waals surface area contributed by atoms with E-state index in [9.17, 15) is 0 Å². The van der Waals surface area contributed by atoms with E-state index in [1.807, 2.05) is 0 Å². The van der Waals surface area contributed by atoms with Crippen LogP contribution in [0.15, 0.2) is 0 Å². The highest BCUT2D eigenvalue weighted by molar-refractivity contribution is 4.98. The summed E-state index contributed by atoms with van der Waals surface area (Å²) in [5, 5.41) is 14.2. The second kappa shape index (κ2) is 11.1. The van der Waals surface area contributed by atoms with Crippen molar-refractivity contribution < 1.29 is 9.47 Å². The van der Waals surface area contributed by atoms with Gasteiger partial charge in [-0.25, -0.2) is 0 Å². The van der Waals surface area contributed by atoms with Crippen LogP contribution in [0.1, 0.15) is 83.9 Å². The highest BCUT2D eigenvalue weighted by Crippen LogP contribution is 2.47. The standard InChI is InChI=1S/C21H38N4O2/c1-3-4-5-9-14-26-15-17-18-12-13-19(27-18)21(17)16(2)10-7-6-8-11-20-22-24-25-23-20/h16-19,21H,3-15H2,1-2H3,(H,22,23,24,25)/t16-,17-,18+,19-,21+/m0/s1. The van der Waals surface area contributed by atoms with E-state index in [4.69, 9.17) is 9.47 Å². The van der Waals surface area contributed by atoms with Crippen molar-refractivity contribution in [2.45, 2.75) is 96.7 Å². The molecule has 0 spiro atoms. The first-order valence-corrected chi connectivity index (χ1v) is 11.2. The number of aromatic amines is 1. The quantitative estimate of drug-likeness (QED) is 0.488. The van der Waals surface area contributed by atoms with Crippen LogP contribution in [-0.4, -0.2) is 46.0 Å². The Hall–Kier alpha value is -1.01. The summed E-state index contributed by atoms with van der Waals surface area (Å²) in [6.45, 7) is 6.51. The van der Waals surface area contributed by atoms with Gasteiger partial charge in [0.05, 0.1) is 18.8 Å². The van der Waals surface area contributed by atoms with Crippen LogP contribution in [0.5, 0.6) is 0 Å². The minimum Gasteiger partial charge on any atom is -0.381 e. The second-order valence-electron chi connectivity index (χ2n) is 8.57. The topological polar surface area (TPSA) is 72.9 Å². The van der Waals surface area contributed by atoms with Gasteiger partial charge >= 0.3 is 0 Å². The van der Waals surface area contributed by atoms with Gasteiger partial charge < -0.3 is 9.47 Å². The first kappa shape index (κ1) is 20.7. The summed E-state index contributed by atoms with van der Waals surface area (Å²) in [5.41, 5.74) is 0. The van der Waals surface area contributed by atoms with E-state index in [0.717, 1.165) is 37.8 Å². The molecule has 154 valence electrons. The molecular weight excluding hydrogens is 340 g/mol. The summed E-state index contributed by atoms with van der Waals surface area (Å²) in [7, 11) is 0. The van der Waals surface area contributed by atoms with Gasteiger partial charge in [-0.15, -0.1) is 10.2 Å². The van der Waals surface area contributed by atoms with Crippen LogP contribution in [0.4, 0.5) is 0 Å². The molecule has 0 aliphatic carbocycles. The third-order valence-corrected chi connectivity index (χ3v) is 6.55. The van der Waals surface area contributed by atoms with Gasteiger partial charge in [0.25, 0.3) is 0 Å². The lowest BCUT2D eigenvalue weighted by atomic mass is 9.72. The van der Waals surface area contributed by atoms with E-state index < -0.39 is 0 Å². The van der Waals surface area contributed by atoms with Crippen LogP contribution in [0.2, 0.25) is 0 Å². The van der Waals surface area contributed by atoms with Crippen LogP contribution in [-0.2, 0) is 15.9 Å². The molecular formula is C21H38N4O2. The Bertz CT molecular complexity index is 510. The molecule has 1 aromatic rings. The number of unbranched alkanes of at least 4 members (excludes halogenated alkanes) is 5. The fourth-order valence-electron chi connectivity index (χ4n) is 5.08. The molecule has 2 saturated heterocycles. The van der Waals surface area contributed by atoms with Crippen molar-refractivity contribution in [1.29, 1.82) is 0 Å². The van der Waals surface area contributed by atoms with Crippen molar-refractivity contribution in [2.24, 2.45) is 17.8 Å². The predicted octanol–water partition coefficient (Wildman–Crippen LogP) is 4.33. The zero-order chi connectivity index (χ0) is 18.9. The molecule has 0 aromatic carbocycles. The van der Waals surface area contributed by atoms with Gasteiger partial charge in [-0.1, -0.05) is 57.6 Å². The summed E-state index contributed by atoms with van der Waals surface area (Å²) in [5.74, 6) is 2.86. The van der Waals surface area contributed by atoms with Gasteiger partial charge in [0.2, 0.25) is 0 Å². The third-order valence-electron chi connectivity index (χ3n) is 6.55. The fourth-order valence-corrected chi connectivity index (χ4v) is 5.08. The van der Waals surface area contributed by atoms with Crippen LogP contribution < -0.4 is 0 Å². The van der Waals surface area contributed by atoms with E-state index in [2.05, 4.69) is 34.5 Å². The maximum Gasteiger partial charge on any atom is 0.174 e. The number of ether oxygens (including phenoxy) is 2. The Morgan fingerprint density at radius 3 is 2.78 bits per heavy atom. The largest absolute Gasteiger partial charge is 0.381 e. The minimum atomic E-state index is 0.455. The van der Waals surface area contributed by atoms with Gasteiger partial charge in [-0.3, -0.25) is 0 Å². The zero-order valence-electron chi connectivity index (χ0n) is 17.2. The average molecular weight is 379 g/mol. The second-order valence-corrected chi connectivity index (χ2v) is 8.57. The molecule has 3 heterocycles. The summed E-state index contributed by atoms with van der Waals surface area (Å²) in [6, 6.07) is 0. The normalized spacial score (nSPS) is 28.1. The number of hydrogen-bond donors (Lipinski definition) is 1. The predicted molar refractivity (Wildman–Crippen MR) is 105 cm³/mol. The first-order chi connectivity index (χ1) is 13.3. The van der Waals surface area contributed by atoms with Crippen molar-refractivity contribution in [3.8, 4) is 0 Å². The van der Waals surface area contributed by atoms with Crippen LogP contribution >= 0.6 is 0 Å². The smallest absolute Gasteiger partial charge is 0.174 e. The van der Waals surface area contributed by atoms with Crippen molar-refractivity contribution in [3.05, 3.63) is 5.82 Å². The molecule has 6 nitrogen and oxygen atoms in total. The Labute approximate surface area is 164 Å². The molecule has 6 heteroatoms. The lowest BCUT2D eigenvalue weighted by Gasteiger charge is -2.32. The maximum absolute atomic E-state index is 6.28. The fraction of sp³-hybridized carbons (Fsp3) is 0.952. The van der Waals surface area contributed by atoms with Crippen LogP contribution in [0.25, 0.3) is 0 Å². The average Bonchev–Trinajstić information content (AvgIpc) is 3.41. The number of aromatic nitrogens is 4. The number of rotatable bonds is 14. The molecule has 2 fully saturated rings. The lowest BCUT2D eigenvalue weighted by molar-refractivity contribution is 0.0441. The summed E-state index contributed by atoms with van der Waals surface area (Å²) >= 11 is 0. The van der Waals surface area contributed by atoms with Crippen molar-refractivity contribution in [3.63, 3.8) is 0 Å². The Morgan fingerprint density at radius 1 is 1.11 bits per heavy atom. The highest BCUT2D eigenvalue weighted by Gasteiger charge is 2.50. The minimum absolute atomic E-state index is 0.455. The zero-order valence-corrected chi connectivity index (χ0v) is 17.2. The van der Waals surface area contributed by atoms with Crippen LogP contribution in [0, 0.1) is 17.8 Å². The van der Waals surface area contributed by atoms with Gasteiger partial charge in [-0.2, -0.15) is 5.21 Å².